The van der Waals surface area contributed by atoms with E-state index >= 15 is 4.39 Å². The van der Waals surface area contributed by atoms with Crippen molar-refractivity contribution in [3.8, 4) is 0 Å². The van der Waals surface area contributed by atoms with Gasteiger partial charge in [0.05, 0.1) is 12.5 Å². The van der Waals surface area contributed by atoms with Gasteiger partial charge in [-0.05, 0) is 44.8 Å². The second kappa shape index (κ2) is 11.3. The van der Waals surface area contributed by atoms with E-state index in [1.54, 1.807) is 0 Å². The van der Waals surface area contributed by atoms with E-state index in [1.165, 1.54) is 0 Å². The van der Waals surface area contributed by atoms with Crippen LogP contribution in [0, 0.1) is 17.7 Å². The van der Waals surface area contributed by atoms with Crippen LogP contribution in [0.2, 0.25) is 5.28 Å². The summed E-state index contributed by atoms with van der Waals surface area (Å²) in [6.07, 6.45) is 4.99. The molecule has 3 rings (SSSR count). The number of carbonyl (C=O) groups excluding carboxylic acids is 2. The number of hydrazine groups is 1. The van der Waals surface area contributed by atoms with E-state index in [4.69, 9.17) is 11.6 Å². The molecule has 3 N–H and O–H groups in total. The Morgan fingerprint density at radius 1 is 1.30 bits per heavy atom. The van der Waals surface area contributed by atoms with Crippen molar-refractivity contribution in [1.29, 1.82) is 0 Å². The van der Waals surface area contributed by atoms with E-state index in [9.17, 15) is 14.8 Å². The zero-order valence-electron chi connectivity index (χ0n) is 19.3. The van der Waals surface area contributed by atoms with Crippen LogP contribution in [0.5, 0.6) is 0 Å². The number of halogens is 2. The van der Waals surface area contributed by atoms with Gasteiger partial charge in [-0.3, -0.25) is 30.5 Å². The van der Waals surface area contributed by atoms with Crippen LogP contribution in [0.25, 0.3) is 0 Å². The summed E-state index contributed by atoms with van der Waals surface area (Å²) in [6, 6.07) is 0.199. The highest BCUT2D eigenvalue weighted by atomic mass is 35.5. The highest BCUT2D eigenvalue weighted by Gasteiger charge is 2.31. The molecule has 12 heteroatoms. The van der Waals surface area contributed by atoms with E-state index in [2.05, 4.69) is 25.7 Å². The standard InChI is InChI=1S/C21H33ClFN7O3/c1-13-10-30(14(2)9-28(13)3)19-17(23)18(24-21(22)25-19)26-27-20(32)16(11-29(33)12-31)8-15-6-4-5-7-15/h12-16,33H,4-11H2,1-3H3,(H,27,32)(H,24,25,26)/t13-,14-,16+/m1/s1. The first kappa shape index (κ1) is 25.4. The highest BCUT2D eigenvalue weighted by Crippen LogP contribution is 2.31. The maximum atomic E-state index is 15.3. The fraction of sp³-hybridized carbons (Fsp3) is 0.714. The van der Waals surface area contributed by atoms with E-state index in [1.807, 2.05) is 25.8 Å². The van der Waals surface area contributed by atoms with Gasteiger partial charge in [0.25, 0.3) is 0 Å². The fourth-order valence-electron chi connectivity index (χ4n) is 4.68. The molecule has 1 saturated heterocycles. The molecule has 0 spiro atoms. The third-order valence-corrected chi connectivity index (χ3v) is 6.84. The topological polar surface area (TPSA) is 114 Å². The molecule has 0 radical (unpaired) electrons. The Bertz CT molecular complexity index is 842. The first-order valence-corrected chi connectivity index (χ1v) is 11.7. The Kier molecular flexibility index (Phi) is 8.66. The third kappa shape index (κ3) is 6.42. The van der Waals surface area contributed by atoms with Gasteiger partial charge in [0.15, 0.2) is 11.6 Å². The lowest BCUT2D eigenvalue weighted by Gasteiger charge is -2.43. The van der Waals surface area contributed by atoms with Crippen LogP contribution in [-0.4, -0.2) is 76.2 Å². The van der Waals surface area contributed by atoms with Crippen LogP contribution in [0.15, 0.2) is 0 Å². The van der Waals surface area contributed by atoms with Gasteiger partial charge in [-0.2, -0.15) is 14.4 Å². The molecule has 2 fully saturated rings. The van der Waals surface area contributed by atoms with Crippen molar-refractivity contribution in [2.45, 2.75) is 58.0 Å². The van der Waals surface area contributed by atoms with Gasteiger partial charge >= 0.3 is 0 Å². The lowest BCUT2D eigenvalue weighted by atomic mass is 9.92. The molecule has 0 unspecified atom stereocenters. The number of rotatable bonds is 9. The maximum Gasteiger partial charge on any atom is 0.243 e. The van der Waals surface area contributed by atoms with Crippen molar-refractivity contribution in [2.24, 2.45) is 11.8 Å². The van der Waals surface area contributed by atoms with Crippen molar-refractivity contribution >= 4 is 35.6 Å². The molecule has 0 aromatic carbocycles. The highest BCUT2D eigenvalue weighted by molar-refractivity contribution is 6.28. The Balaban J connectivity index is 1.72. The molecule has 1 aliphatic carbocycles. The predicted molar refractivity (Wildman–Crippen MR) is 122 cm³/mol. The first-order valence-electron chi connectivity index (χ1n) is 11.4. The largest absolute Gasteiger partial charge is 0.348 e. The summed E-state index contributed by atoms with van der Waals surface area (Å²) < 4.78 is 15.3. The Morgan fingerprint density at radius 2 is 2.00 bits per heavy atom. The lowest BCUT2D eigenvalue weighted by Crippen LogP contribution is -2.55. The summed E-state index contributed by atoms with van der Waals surface area (Å²) in [5.41, 5.74) is 5.00. The van der Waals surface area contributed by atoms with Gasteiger partial charge in [-0.15, -0.1) is 0 Å². The molecule has 2 heterocycles. The van der Waals surface area contributed by atoms with Gasteiger partial charge in [-0.25, -0.2) is 5.06 Å². The van der Waals surface area contributed by atoms with Crippen LogP contribution in [0.3, 0.4) is 0 Å². The molecule has 1 aliphatic heterocycles. The number of piperazine rings is 1. The number of anilines is 2. The zero-order valence-corrected chi connectivity index (χ0v) is 20.1. The van der Waals surface area contributed by atoms with Gasteiger partial charge in [0.1, 0.15) is 0 Å². The smallest absolute Gasteiger partial charge is 0.243 e. The van der Waals surface area contributed by atoms with Gasteiger partial charge in [0, 0.05) is 25.2 Å². The number of nitrogens with zero attached hydrogens (tertiary/aromatic N) is 5. The number of likely N-dealkylation sites (N-methyl/N-ethyl adjacent to an activating group) is 1. The second-order valence-corrected chi connectivity index (χ2v) is 9.53. The molecule has 33 heavy (non-hydrogen) atoms. The molecule has 1 saturated carbocycles. The number of carbonyl (C=O) groups is 2. The minimum absolute atomic E-state index is 0.00350. The molecule has 2 aliphatic rings. The summed E-state index contributed by atoms with van der Waals surface area (Å²) in [7, 11) is 2.02. The zero-order chi connectivity index (χ0) is 24.1. The van der Waals surface area contributed by atoms with Crippen molar-refractivity contribution in [3.63, 3.8) is 0 Å². The average molecular weight is 486 g/mol. The SMILES string of the molecule is C[C@@H]1CN(c2nc(Cl)nc(NNC(=O)[C@@H](CC3CCCC3)CN(O)C=O)c2F)[C@H](C)CN1C. The molecule has 1 aromatic heterocycles. The molecule has 3 atom stereocenters. The normalized spacial score (nSPS) is 22.8. The van der Waals surface area contributed by atoms with E-state index in [-0.39, 0.29) is 42.0 Å². The fourth-order valence-corrected chi connectivity index (χ4v) is 4.85. The van der Waals surface area contributed by atoms with Crippen LogP contribution < -0.4 is 15.8 Å². The van der Waals surface area contributed by atoms with Crippen LogP contribution in [0.4, 0.5) is 16.0 Å². The van der Waals surface area contributed by atoms with Crippen molar-refractivity contribution in [2.75, 3.05) is 37.0 Å². The molecule has 0 bridgehead atoms. The number of nitrogens with one attached hydrogen (secondary N) is 2. The maximum absolute atomic E-state index is 15.3. The summed E-state index contributed by atoms with van der Waals surface area (Å²) in [5, 5.41) is 9.93. The Labute approximate surface area is 198 Å². The second-order valence-electron chi connectivity index (χ2n) is 9.19. The van der Waals surface area contributed by atoms with Gasteiger partial charge in [0.2, 0.25) is 23.4 Å². The number of hydrogen-bond acceptors (Lipinski definition) is 8. The van der Waals surface area contributed by atoms with Crippen molar-refractivity contribution < 1.29 is 19.2 Å². The van der Waals surface area contributed by atoms with E-state index in [0.717, 1.165) is 32.2 Å². The summed E-state index contributed by atoms with van der Waals surface area (Å²) in [6.45, 7) is 5.18. The minimum Gasteiger partial charge on any atom is -0.348 e. The Hall–Kier alpha value is -2.24. The number of amides is 2. The molecular formula is C21H33ClFN7O3. The van der Waals surface area contributed by atoms with Gasteiger partial charge < -0.3 is 4.90 Å². The summed E-state index contributed by atoms with van der Waals surface area (Å²) in [5.74, 6) is -1.67. The lowest BCUT2D eigenvalue weighted by molar-refractivity contribution is -0.154. The molecule has 10 nitrogen and oxygen atoms in total. The number of hydrogen-bond donors (Lipinski definition) is 3. The van der Waals surface area contributed by atoms with Crippen molar-refractivity contribution in [3.05, 3.63) is 11.1 Å². The summed E-state index contributed by atoms with van der Waals surface area (Å²) in [4.78, 5) is 35.7. The molecular weight excluding hydrogens is 453 g/mol. The molecule has 184 valence electrons. The average Bonchev–Trinajstić information content (AvgIpc) is 3.29. The molecule has 2 amide bonds. The quantitative estimate of drug-likeness (QED) is 0.211. The molecule has 1 aromatic rings. The third-order valence-electron chi connectivity index (χ3n) is 6.67. The minimum atomic E-state index is -0.715. The van der Waals surface area contributed by atoms with Gasteiger partial charge in [-0.1, -0.05) is 25.7 Å². The van der Waals surface area contributed by atoms with E-state index in [0.29, 0.717) is 23.9 Å². The monoisotopic (exact) mass is 485 g/mol. The number of hydroxylamine groups is 2. The summed E-state index contributed by atoms with van der Waals surface area (Å²) >= 11 is 6.08. The van der Waals surface area contributed by atoms with Crippen LogP contribution in [-0.2, 0) is 9.59 Å². The van der Waals surface area contributed by atoms with Crippen LogP contribution >= 0.6 is 11.6 Å². The van der Waals surface area contributed by atoms with Crippen molar-refractivity contribution in [1.82, 2.24) is 25.4 Å². The number of aromatic nitrogens is 2. The Morgan fingerprint density at radius 3 is 2.67 bits per heavy atom. The van der Waals surface area contributed by atoms with Crippen LogP contribution in [0.1, 0.15) is 46.0 Å². The predicted octanol–water partition coefficient (Wildman–Crippen LogP) is 2.29. The van der Waals surface area contributed by atoms with E-state index < -0.39 is 17.6 Å². The first-order chi connectivity index (χ1) is 15.7.